The molecule has 1 aliphatic heterocycles. The molecule has 2 aliphatic carbocycles. The lowest BCUT2D eigenvalue weighted by Gasteiger charge is -2.28. The highest BCUT2D eigenvalue weighted by Crippen LogP contribution is 2.47. The van der Waals surface area contributed by atoms with Crippen LogP contribution in [0, 0.1) is 0 Å². The first kappa shape index (κ1) is 25.1. The average Bonchev–Trinajstić information content (AvgIpc) is 3.60. The molecule has 9 rings (SSSR count). The minimum Gasteiger partial charge on any atom is -0.310 e. The second-order valence-corrected chi connectivity index (χ2v) is 11.7. The molecule has 0 saturated heterocycles. The van der Waals surface area contributed by atoms with Crippen LogP contribution >= 0.6 is 0 Å². The molecule has 0 radical (unpaired) electrons. The number of fused-ring (bicyclic) bond motifs is 6. The molecule has 0 bridgehead atoms. The summed E-state index contributed by atoms with van der Waals surface area (Å²) in [5, 5.41) is 3.78. The first-order chi connectivity index (χ1) is 21.8. The summed E-state index contributed by atoms with van der Waals surface area (Å²) in [4.78, 5) is 12.9. The number of hydrogen-bond donors (Lipinski definition) is 0. The van der Waals surface area contributed by atoms with Crippen LogP contribution in [0.5, 0.6) is 0 Å². The van der Waals surface area contributed by atoms with Crippen molar-refractivity contribution in [3.8, 4) is 16.9 Å². The van der Waals surface area contributed by atoms with Crippen molar-refractivity contribution in [1.82, 2.24) is 14.5 Å². The Morgan fingerprint density at radius 3 is 2.27 bits per heavy atom. The van der Waals surface area contributed by atoms with Crippen LogP contribution in [0.25, 0.3) is 45.6 Å². The van der Waals surface area contributed by atoms with E-state index < -0.39 is 0 Å². The van der Waals surface area contributed by atoms with Crippen molar-refractivity contribution in [3.63, 3.8) is 0 Å². The predicted molar refractivity (Wildman–Crippen MR) is 180 cm³/mol. The standard InChI is InChI=1S/C40H30N4/c1-4-14-27(15-5-1)34-25-35(28-16-6-2-7-17-28)42-40(41-34)44-37-23-13-11-21-31(37)33-24-32-30-20-10-12-22-36(30)43(38(32)26-39(33)44)29-18-8-3-9-19-29/h1,3-6,8-26,33,39H,2,7H2. The molecular weight excluding hydrogens is 536 g/mol. The first-order valence-corrected chi connectivity index (χ1v) is 15.4. The van der Waals surface area contributed by atoms with Crippen LogP contribution in [0.4, 0.5) is 11.6 Å². The minimum absolute atomic E-state index is 0.0291. The highest BCUT2D eigenvalue weighted by molar-refractivity contribution is 5.88. The third-order valence-corrected chi connectivity index (χ3v) is 9.15. The van der Waals surface area contributed by atoms with E-state index in [0.29, 0.717) is 0 Å². The highest BCUT2D eigenvalue weighted by Gasteiger charge is 2.40. The van der Waals surface area contributed by atoms with Gasteiger partial charge in [0.05, 0.1) is 28.3 Å². The molecule has 2 aromatic heterocycles. The van der Waals surface area contributed by atoms with Gasteiger partial charge in [-0.25, -0.2) is 9.97 Å². The Labute approximate surface area is 256 Å². The Bertz CT molecular complexity index is 2240. The SMILES string of the molecule is C1=CC(c2cc(-c3ccccc3)nc(N3c4ccccc4C4C=c5c(n(-c6ccccc6)c6ccccc56)=CC43)n2)=CCC1. The van der Waals surface area contributed by atoms with Gasteiger partial charge in [0, 0.05) is 33.5 Å². The van der Waals surface area contributed by atoms with E-state index in [1.54, 1.807) is 0 Å². The van der Waals surface area contributed by atoms with Crippen molar-refractivity contribution >= 4 is 40.3 Å². The Morgan fingerprint density at radius 2 is 1.43 bits per heavy atom. The zero-order valence-corrected chi connectivity index (χ0v) is 24.2. The predicted octanol–water partition coefficient (Wildman–Crippen LogP) is 7.70. The molecule has 44 heavy (non-hydrogen) atoms. The van der Waals surface area contributed by atoms with Crippen molar-refractivity contribution < 1.29 is 0 Å². The summed E-state index contributed by atoms with van der Waals surface area (Å²) in [6, 6.07) is 40.9. The van der Waals surface area contributed by atoms with Crippen LogP contribution in [0.3, 0.4) is 0 Å². The van der Waals surface area contributed by atoms with E-state index in [4.69, 9.17) is 9.97 Å². The maximum absolute atomic E-state index is 5.29. The van der Waals surface area contributed by atoms with Gasteiger partial charge in [0.2, 0.25) is 5.95 Å². The molecule has 2 atom stereocenters. The average molecular weight is 567 g/mol. The number of hydrogen-bond acceptors (Lipinski definition) is 3. The van der Waals surface area contributed by atoms with Gasteiger partial charge in [0.15, 0.2) is 0 Å². The summed E-state index contributed by atoms with van der Waals surface area (Å²) in [5.74, 6) is 0.909. The van der Waals surface area contributed by atoms with Crippen LogP contribution < -0.4 is 15.5 Å². The topological polar surface area (TPSA) is 34.0 Å². The highest BCUT2D eigenvalue weighted by atomic mass is 15.3. The third kappa shape index (κ3) is 3.91. The van der Waals surface area contributed by atoms with E-state index in [0.717, 1.165) is 47.0 Å². The molecule has 0 N–H and O–H groups in total. The lowest BCUT2D eigenvalue weighted by atomic mass is 9.90. The Kier molecular flexibility index (Phi) is 5.73. The van der Waals surface area contributed by atoms with Gasteiger partial charge in [-0.2, -0.15) is 0 Å². The molecular formula is C40H30N4. The summed E-state index contributed by atoms with van der Waals surface area (Å²) >= 11 is 0. The zero-order chi connectivity index (χ0) is 29.0. The fourth-order valence-electron chi connectivity index (χ4n) is 7.17. The molecule has 4 nitrogen and oxygen atoms in total. The minimum atomic E-state index is 0.0291. The Hall–Kier alpha value is -5.48. The van der Waals surface area contributed by atoms with Gasteiger partial charge in [0.25, 0.3) is 0 Å². The summed E-state index contributed by atoms with van der Waals surface area (Å²) in [6.45, 7) is 0. The van der Waals surface area contributed by atoms with Crippen LogP contribution in [-0.2, 0) is 0 Å². The van der Waals surface area contributed by atoms with Crippen LogP contribution in [0.1, 0.15) is 30.0 Å². The van der Waals surface area contributed by atoms with Gasteiger partial charge >= 0.3 is 0 Å². The van der Waals surface area contributed by atoms with Gasteiger partial charge in [-0.1, -0.05) is 109 Å². The van der Waals surface area contributed by atoms with Gasteiger partial charge < -0.3 is 9.47 Å². The van der Waals surface area contributed by atoms with Crippen molar-refractivity contribution in [2.24, 2.45) is 0 Å². The molecule has 3 aliphatic rings. The van der Waals surface area contributed by atoms with Crippen LogP contribution in [0.15, 0.2) is 133 Å². The van der Waals surface area contributed by atoms with E-state index >= 15 is 0 Å². The summed E-state index contributed by atoms with van der Waals surface area (Å²) < 4.78 is 2.41. The van der Waals surface area contributed by atoms with E-state index in [-0.39, 0.29) is 12.0 Å². The maximum Gasteiger partial charge on any atom is 0.231 e. The molecule has 0 amide bonds. The lowest BCUT2D eigenvalue weighted by molar-refractivity contribution is 0.776. The fourth-order valence-corrected chi connectivity index (χ4v) is 7.17. The number of anilines is 2. The largest absolute Gasteiger partial charge is 0.310 e. The van der Waals surface area contributed by atoms with Crippen molar-refractivity contribution in [2.45, 2.75) is 24.8 Å². The van der Waals surface area contributed by atoms with Crippen molar-refractivity contribution in [2.75, 3.05) is 4.90 Å². The van der Waals surface area contributed by atoms with Crippen molar-refractivity contribution in [1.29, 1.82) is 0 Å². The molecule has 0 spiro atoms. The van der Waals surface area contributed by atoms with E-state index in [2.05, 4.69) is 155 Å². The van der Waals surface area contributed by atoms with Gasteiger partial charge in [0.1, 0.15) is 0 Å². The molecule has 4 aromatic carbocycles. The summed E-state index contributed by atoms with van der Waals surface area (Å²) in [7, 11) is 0. The monoisotopic (exact) mass is 566 g/mol. The Balaban J connectivity index is 1.30. The number of benzene rings is 4. The number of nitrogens with zero attached hydrogens (tertiary/aromatic N) is 4. The molecule has 2 unspecified atom stereocenters. The molecule has 0 fully saturated rings. The number of aromatic nitrogens is 3. The van der Waals surface area contributed by atoms with E-state index in [1.807, 2.05) is 0 Å². The second kappa shape index (κ2) is 10.1. The molecule has 4 heteroatoms. The maximum atomic E-state index is 5.29. The van der Waals surface area contributed by atoms with Gasteiger partial charge in [-0.3, -0.25) is 0 Å². The lowest BCUT2D eigenvalue weighted by Crippen LogP contribution is -2.40. The van der Waals surface area contributed by atoms with E-state index in [1.165, 1.54) is 32.7 Å². The van der Waals surface area contributed by atoms with Crippen LogP contribution in [0.2, 0.25) is 0 Å². The molecule has 0 saturated carbocycles. The summed E-state index contributed by atoms with van der Waals surface area (Å²) in [6.07, 6.45) is 13.8. The van der Waals surface area contributed by atoms with E-state index in [9.17, 15) is 0 Å². The smallest absolute Gasteiger partial charge is 0.231 e. The molecule has 210 valence electrons. The van der Waals surface area contributed by atoms with Gasteiger partial charge in [-0.05, 0) is 60.4 Å². The quantitative estimate of drug-likeness (QED) is 0.219. The third-order valence-electron chi connectivity index (χ3n) is 9.15. The first-order valence-electron chi connectivity index (χ1n) is 15.4. The molecule has 3 heterocycles. The van der Waals surface area contributed by atoms with Crippen molar-refractivity contribution in [3.05, 3.63) is 155 Å². The number of rotatable bonds is 4. The number of para-hydroxylation sites is 3. The Morgan fingerprint density at radius 1 is 0.682 bits per heavy atom. The zero-order valence-electron chi connectivity index (χ0n) is 24.2. The van der Waals surface area contributed by atoms with Crippen LogP contribution in [-0.4, -0.2) is 20.6 Å². The number of allylic oxidation sites excluding steroid dienone is 4. The van der Waals surface area contributed by atoms with Gasteiger partial charge in [-0.15, -0.1) is 0 Å². The fraction of sp³-hybridized carbons (Fsp3) is 0.100. The molecule has 6 aromatic rings. The second-order valence-electron chi connectivity index (χ2n) is 11.7. The normalized spacial score (nSPS) is 18.2. The summed E-state index contributed by atoms with van der Waals surface area (Å²) in [5.41, 5.74) is 9.00.